The van der Waals surface area contributed by atoms with Crippen molar-refractivity contribution < 1.29 is 0 Å². The van der Waals surface area contributed by atoms with Crippen molar-refractivity contribution in [3.63, 3.8) is 0 Å². The number of hydrogen-bond acceptors (Lipinski definition) is 3. The van der Waals surface area contributed by atoms with Crippen LogP contribution in [0.2, 0.25) is 0 Å². The smallest absolute Gasteiger partial charge is 0.0628 e. The van der Waals surface area contributed by atoms with Gasteiger partial charge in [0.1, 0.15) is 0 Å². The Morgan fingerprint density at radius 2 is 2.00 bits per heavy atom. The van der Waals surface area contributed by atoms with Crippen molar-refractivity contribution in [2.45, 2.75) is 46.6 Å². The van der Waals surface area contributed by atoms with Crippen molar-refractivity contribution in [3.8, 4) is 0 Å². The third kappa shape index (κ3) is 4.17. The molecular formula is C18H28N4. The maximum atomic E-state index is 4.52. The van der Waals surface area contributed by atoms with Gasteiger partial charge in [0.05, 0.1) is 11.4 Å². The zero-order valence-electron chi connectivity index (χ0n) is 14.4. The van der Waals surface area contributed by atoms with Crippen LogP contribution in [0, 0.1) is 19.8 Å². The standard InChI is InChI=1S/C18H28N4/c1-13(2)12-18(17-8-6-7-10-19-17)20-11-9-16-14(3)21-22(5)15(16)4/h6-8,10,13,18,20H,9,11-12H2,1-5H3/t18-/m1/s1. The van der Waals surface area contributed by atoms with Crippen LogP contribution in [0.1, 0.15) is 49.0 Å². The molecule has 1 atom stereocenters. The summed E-state index contributed by atoms with van der Waals surface area (Å²) in [5, 5.41) is 8.17. The number of aromatic nitrogens is 3. The Labute approximate surface area is 134 Å². The Kier molecular flexibility index (Phi) is 5.72. The Bertz CT molecular complexity index is 587. The normalized spacial score (nSPS) is 12.8. The second-order valence-electron chi connectivity index (χ2n) is 6.41. The van der Waals surface area contributed by atoms with E-state index in [9.17, 15) is 0 Å². The minimum atomic E-state index is 0.318. The first-order valence-corrected chi connectivity index (χ1v) is 8.12. The summed E-state index contributed by atoms with van der Waals surface area (Å²) in [6.45, 7) is 9.69. The van der Waals surface area contributed by atoms with Crippen molar-refractivity contribution in [2.75, 3.05) is 6.54 Å². The molecular weight excluding hydrogens is 272 g/mol. The van der Waals surface area contributed by atoms with E-state index in [1.807, 2.05) is 24.0 Å². The second-order valence-corrected chi connectivity index (χ2v) is 6.41. The fourth-order valence-corrected chi connectivity index (χ4v) is 2.91. The van der Waals surface area contributed by atoms with Gasteiger partial charge in [-0.1, -0.05) is 19.9 Å². The number of hydrogen-bond donors (Lipinski definition) is 1. The van der Waals surface area contributed by atoms with Gasteiger partial charge in [-0.05, 0) is 56.8 Å². The molecule has 22 heavy (non-hydrogen) atoms. The van der Waals surface area contributed by atoms with Crippen LogP contribution in [0.25, 0.3) is 0 Å². The van der Waals surface area contributed by atoms with Gasteiger partial charge in [-0.15, -0.1) is 0 Å². The number of nitrogens with zero attached hydrogens (tertiary/aromatic N) is 3. The fourth-order valence-electron chi connectivity index (χ4n) is 2.91. The molecule has 2 aromatic rings. The summed E-state index contributed by atoms with van der Waals surface area (Å²) in [5.41, 5.74) is 4.90. The van der Waals surface area contributed by atoms with Gasteiger partial charge in [0.25, 0.3) is 0 Å². The monoisotopic (exact) mass is 300 g/mol. The first-order chi connectivity index (χ1) is 10.5. The zero-order chi connectivity index (χ0) is 16.1. The second kappa shape index (κ2) is 7.54. The molecule has 0 aliphatic carbocycles. The maximum Gasteiger partial charge on any atom is 0.0628 e. The minimum Gasteiger partial charge on any atom is -0.308 e. The molecule has 0 unspecified atom stereocenters. The first-order valence-electron chi connectivity index (χ1n) is 8.12. The molecule has 1 N–H and O–H groups in total. The van der Waals surface area contributed by atoms with Crippen LogP contribution in [0.3, 0.4) is 0 Å². The van der Waals surface area contributed by atoms with Crippen LogP contribution in [0.15, 0.2) is 24.4 Å². The van der Waals surface area contributed by atoms with Gasteiger partial charge in [0, 0.05) is 25.0 Å². The number of rotatable bonds is 7. The third-order valence-corrected chi connectivity index (χ3v) is 4.18. The quantitative estimate of drug-likeness (QED) is 0.852. The molecule has 0 saturated heterocycles. The average Bonchev–Trinajstić information content (AvgIpc) is 2.73. The van der Waals surface area contributed by atoms with E-state index >= 15 is 0 Å². The van der Waals surface area contributed by atoms with E-state index < -0.39 is 0 Å². The molecule has 2 aromatic heterocycles. The van der Waals surface area contributed by atoms with Gasteiger partial charge < -0.3 is 5.32 Å². The highest BCUT2D eigenvalue weighted by molar-refractivity contribution is 5.24. The van der Waals surface area contributed by atoms with E-state index in [4.69, 9.17) is 0 Å². The van der Waals surface area contributed by atoms with Crippen molar-refractivity contribution in [1.29, 1.82) is 0 Å². The molecule has 4 heteroatoms. The maximum absolute atomic E-state index is 4.52. The van der Waals surface area contributed by atoms with Gasteiger partial charge >= 0.3 is 0 Å². The molecule has 0 aliphatic heterocycles. The van der Waals surface area contributed by atoms with E-state index in [1.54, 1.807) is 0 Å². The van der Waals surface area contributed by atoms with Crippen LogP contribution in [-0.2, 0) is 13.5 Å². The highest BCUT2D eigenvalue weighted by Crippen LogP contribution is 2.19. The predicted octanol–water partition coefficient (Wildman–Crippen LogP) is 3.35. The highest BCUT2D eigenvalue weighted by atomic mass is 15.3. The predicted molar refractivity (Wildman–Crippen MR) is 90.8 cm³/mol. The lowest BCUT2D eigenvalue weighted by Crippen LogP contribution is -2.26. The molecule has 2 rings (SSSR count). The van der Waals surface area contributed by atoms with Gasteiger partial charge in [0.2, 0.25) is 0 Å². The summed E-state index contributed by atoms with van der Waals surface area (Å²) in [6.07, 6.45) is 3.98. The molecule has 0 saturated carbocycles. The summed E-state index contributed by atoms with van der Waals surface area (Å²) in [6, 6.07) is 6.46. The lowest BCUT2D eigenvalue weighted by molar-refractivity contribution is 0.424. The van der Waals surface area contributed by atoms with Crippen molar-refractivity contribution >= 4 is 0 Å². The van der Waals surface area contributed by atoms with Crippen LogP contribution in [-0.4, -0.2) is 21.3 Å². The highest BCUT2D eigenvalue weighted by Gasteiger charge is 2.15. The summed E-state index contributed by atoms with van der Waals surface area (Å²) in [7, 11) is 2.01. The molecule has 0 radical (unpaired) electrons. The van der Waals surface area contributed by atoms with Crippen molar-refractivity contribution in [3.05, 3.63) is 47.0 Å². The van der Waals surface area contributed by atoms with Crippen molar-refractivity contribution in [1.82, 2.24) is 20.1 Å². The Morgan fingerprint density at radius 1 is 1.23 bits per heavy atom. The first kappa shape index (κ1) is 16.7. The van der Waals surface area contributed by atoms with Gasteiger partial charge in [-0.2, -0.15) is 5.10 Å². The Morgan fingerprint density at radius 3 is 2.55 bits per heavy atom. The summed E-state index contributed by atoms with van der Waals surface area (Å²) < 4.78 is 1.97. The Hall–Kier alpha value is -1.68. The summed E-state index contributed by atoms with van der Waals surface area (Å²) in [5.74, 6) is 0.640. The lowest BCUT2D eigenvalue weighted by Gasteiger charge is -2.20. The zero-order valence-corrected chi connectivity index (χ0v) is 14.4. The van der Waals surface area contributed by atoms with Crippen LogP contribution in [0.5, 0.6) is 0 Å². The molecule has 0 spiro atoms. The van der Waals surface area contributed by atoms with E-state index in [2.05, 4.69) is 55.2 Å². The summed E-state index contributed by atoms with van der Waals surface area (Å²) in [4.78, 5) is 4.52. The van der Waals surface area contributed by atoms with Gasteiger partial charge in [-0.3, -0.25) is 9.67 Å². The summed E-state index contributed by atoms with van der Waals surface area (Å²) >= 11 is 0. The minimum absolute atomic E-state index is 0.318. The van der Waals surface area contributed by atoms with E-state index in [1.165, 1.54) is 11.3 Å². The molecule has 0 amide bonds. The number of aryl methyl sites for hydroxylation is 2. The SMILES string of the molecule is Cc1nn(C)c(C)c1CCN[C@H](CC(C)C)c1ccccn1. The largest absolute Gasteiger partial charge is 0.308 e. The van der Waals surface area contributed by atoms with Crippen molar-refractivity contribution in [2.24, 2.45) is 13.0 Å². The molecule has 0 aliphatic rings. The molecule has 4 nitrogen and oxygen atoms in total. The van der Waals surface area contributed by atoms with Crippen LogP contribution < -0.4 is 5.32 Å². The molecule has 120 valence electrons. The number of nitrogens with one attached hydrogen (secondary N) is 1. The van der Waals surface area contributed by atoms with E-state index in [0.717, 1.165) is 30.8 Å². The molecule has 0 bridgehead atoms. The topological polar surface area (TPSA) is 42.7 Å². The lowest BCUT2D eigenvalue weighted by atomic mass is 10.00. The van der Waals surface area contributed by atoms with E-state index in [0.29, 0.717) is 12.0 Å². The third-order valence-electron chi connectivity index (χ3n) is 4.18. The van der Waals surface area contributed by atoms with Gasteiger partial charge in [0.15, 0.2) is 0 Å². The van der Waals surface area contributed by atoms with Crippen LogP contribution >= 0.6 is 0 Å². The molecule has 0 aromatic carbocycles. The number of pyridine rings is 1. The van der Waals surface area contributed by atoms with E-state index in [-0.39, 0.29) is 0 Å². The van der Waals surface area contributed by atoms with Crippen LogP contribution in [0.4, 0.5) is 0 Å². The molecule has 2 heterocycles. The Balaban J connectivity index is 2.00. The van der Waals surface area contributed by atoms with Gasteiger partial charge in [-0.25, -0.2) is 0 Å². The molecule has 0 fully saturated rings. The average molecular weight is 300 g/mol. The fraction of sp³-hybridized carbons (Fsp3) is 0.556.